The number of carbonyl (C=O) groups is 1. The van der Waals surface area contributed by atoms with Gasteiger partial charge in [0.2, 0.25) is 5.91 Å². The third-order valence-corrected chi connectivity index (χ3v) is 5.27. The minimum absolute atomic E-state index is 0.247. The zero-order valence-corrected chi connectivity index (χ0v) is 14.3. The van der Waals surface area contributed by atoms with E-state index in [9.17, 15) is 4.79 Å². The Kier molecular flexibility index (Phi) is 4.13. The number of piperidine rings is 1. The zero-order chi connectivity index (χ0) is 16.5. The van der Waals surface area contributed by atoms with Crippen LogP contribution in [0.1, 0.15) is 54.7 Å². The maximum atomic E-state index is 12.7. The van der Waals surface area contributed by atoms with Gasteiger partial charge in [-0.05, 0) is 38.2 Å². The van der Waals surface area contributed by atoms with E-state index in [2.05, 4.69) is 21.4 Å². The minimum atomic E-state index is 0.247. The number of nitrogens with zero attached hydrogens (tertiary/aromatic N) is 3. The van der Waals surface area contributed by atoms with E-state index in [1.54, 1.807) is 0 Å². The number of carbonyl (C=O) groups excluding carboxylic acids is 1. The number of aromatic nitrogens is 2. The van der Waals surface area contributed by atoms with Gasteiger partial charge in [0.25, 0.3) is 0 Å². The lowest BCUT2D eigenvalue weighted by molar-refractivity contribution is -0.132. The summed E-state index contributed by atoms with van der Waals surface area (Å²) in [6, 6.07) is 10.4. The highest BCUT2D eigenvalue weighted by Gasteiger charge is 2.33. The van der Waals surface area contributed by atoms with Crippen molar-refractivity contribution in [3.05, 3.63) is 53.6 Å². The molecule has 1 saturated carbocycles. The zero-order valence-electron chi connectivity index (χ0n) is 14.3. The molecule has 1 aliphatic heterocycles. The predicted octanol–water partition coefficient (Wildman–Crippen LogP) is 3.48. The van der Waals surface area contributed by atoms with Gasteiger partial charge in [0.05, 0.1) is 12.5 Å². The Balaban J connectivity index is 1.48. The molecule has 4 heteroatoms. The van der Waals surface area contributed by atoms with E-state index in [1.807, 2.05) is 36.5 Å². The van der Waals surface area contributed by atoms with Gasteiger partial charge >= 0.3 is 0 Å². The summed E-state index contributed by atoms with van der Waals surface area (Å²) in [5, 5.41) is 0. The number of aryl methyl sites for hydroxylation is 1. The quantitative estimate of drug-likeness (QED) is 0.864. The van der Waals surface area contributed by atoms with Gasteiger partial charge in [0.15, 0.2) is 0 Å². The van der Waals surface area contributed by atoms with Crippen LogP contribution in [-0.2, 0) is 11.2 Å². The molecule has 1 saturated heterocycles. The molecule has 2 fully saturated rings. The highest BCUT2D eigenvalue weighted by Crippen LogP contribution is 2.41. The Hall–Kier alpha value is -2.10. The summed E-state index contributed by atoms with van der Waals surface area (Å²) in [5.41, 5.74) is 2.33. The van der Waals surface area contributed by atoms with Gasteiger partial charge in [0.1, 0.15) is 5.82 Å². The van der Waals surface area contributed by atoms with Crippen LogP contribution in [0.3, 0.4) is 0 Å². The number of likely N-dealkylation sites (tertiary alicyclic amines) is 1. The van der Waals surface area contributed by atoms with Gasteiger partial charge in [-0.3, -0.25) is 4.79 Å². The highest BCUT2D eigenvalue weighted by atomic mass is 16.2. The molecule has 1 atom stereocenters. The van der Waals surface area contributed by atoms with E-state index >= 15 is 0 Å². The minimum Gasteiger partial charge on any atom is -0.340 e. The second-order valence-corrected chi connectivity index (χ2v) is 7.20. The molecule has 4 nitrogen and oxygen atoms in total. The van der Waals surface area contributed by atoms with E-state index in [1.165, 1.54) is 24.4 Å². The standard InChI is InChI=1S/C20H25N3O/c1-15-13-21-20(17-9-10-17)23(15)18-8-5-11-22(14-18)19(24)12-16-6-3-2-4-7-16/h2-4,6-7,13,17-18H,5,8-12,14H2,1H3. The highest BCUT2D eigenvalue weighted by molar-refractivity contribution is 5.78. The molecular formula is C20H25N3O. The first-order valence-corrected chi connectivity index (χ1v) is 9.08. The maximum Gasteiger partial charge on any atom is 0.227 e. The fraction of sp³-hybridized carbons (Fsp3) is 0.500. The molecule has 2 aliphatic rings. The van der Waals surface area contributed by atoms with Crippen molar-refractivity contribution in [1.29, 1.82) is 0 Å². The van der Waals surface area contributed by atoms with Gasteiger partial charge < -0.3 is 9.47 Å². The Morgan fingerprint density at radius 3 is 2.75 bits per heavy atom. The summed E-state index contributed by atoms with van der Waals surface area (Å²) in [5.74, 6) is 2.14. The molecule has 4 rings (SSSR count). The molecule has 0 bridgehead atoms. The summed E-state index contributed by atoms with van der Waals surface area (Å²) in [6.07, 6.45) is 7.25. The maximum absolute atomic E-state index is 12.7. The third-order valence-electron chi connectivity index (χ3n) is 5.27. The van der Waals surface area contributed by atoms with Crippen LogP contribution in [0.4, 0.5) is 0 Å². The molecule has 1 unspecified atom stereocenters. The van der Waals surface area contributed by atoms with E-state index in [-0.39, 0.29) is 5.91 Å². The molecule has 0 radical (unpaired) electrons. The van der Waals surface area contributed by atoms with Crippen LogP contribution >= 0.6 is 0 Å². The summed E-state index contributed by atoms with van der Waals surface area (Å²) < 4.78 is 2.42. The smallest absolute Gasteiger partial charge is 0.227 e. The average Bonchev–Trinajstić information content (AvgIpc) is 3.38. The van der Waals surface area contributed by atoms with Gasteiger partial charge in [-0.2, -0.15) is 0 Å². The number of hydrogen-bond acceptors (Lipinski definition) is 2. The molecule has 24 heavy (non-hydrogen) atoms. The first-order chi connectivity index (χ1) is 11.7. The average molecular weight is 323 g/mol. The number of hydrogen-bond donors (Lipinski definition) is 0. The Morgan fingerprint density at radius 1 is 1.21 bits per heavy atom. The van der Waals surface area contributed by atoms with Crippen molar-refractivity contribution in [1.82, 2.24) is 14.5 Å². The largest absolute Gasteiger partial charge is 0.340 e. The molecule has 1 aromatic heterocycles. The van der Waals surface area contributed by atoms with Crippen molar-refractivity contribution < 1.29 is 4.79 Å². The van der Waals surface area contributed by atoms with Crippen LogP contribution in [0.25, 0.3) is 0 Å². The van der Waals surface area contributed by atoms with Crippen LogP contribution in [0, 0.1) is 6.92 Å². The van der Waals surface area contributed by atoms with Crippen molar-refractivity contribution in [3.63, 3.8) is 0 Å². The van der Waals surface area contributed by atoms with Crippen molar-refractivity contribution in [2.24, 2.45) is 0 Å². The monoisotopic (exact) mass is 323 g/mol. The van der Waals surface area contributed by atoms with Gasteiger partial charge in [0, 0.05) is 30.9 Å². The second kappa shape index (κ2) is 6.42. The van der Waals surface area contributed by atoms with E-state index in [4.69, 9.17) is 0 Å². The van der Waals surface area contributed by atoms with E-state index in [0.717, 1.165) is 31.5 Å². The first-order valence-electron chi connectivity index (χ1n) is 9.08. The van der Waals surface area contributed by atoms with E-state index in [0.29, 0.717) is 18.4 Å². The second-order valence-electron chi connectivity index (χ2n) is 7.20. The van der Waals surface area contributed by atoms with Crippen LogP contribution < -0.4 is 0 Å². The Bertz CT molecular complexity index is 718. The van der Waals surface area contributed by atoms with Crippen molar-refractivity contribution >= 4 is 5.91 Å². The van der Waals surface area contributed by atoms with Crippen molar-refractivity contribution in [3.8, 4) is 0 Å². The third kappa shape index (κ3) is 3.10. The molecule has 2 heterocycles. The number of amides is 1. The summed E-state index contributed by atoms with van der Waals surface area (Å²) >= 11 is 0. The predicted molar refractivity (Wildman–Crippen MR) is 93.9 cm³/mol. The van der Waals surface area contributed by atoms with Gasteiger partial charge in [-0.1, -0.05) is 30.3 Å². The van der Waals surface area contributed by atoms with Gasteiger partial charge in [-0.15, -0.1) is 0 Å². The Morgan fingerprint density at radius 2 is 2.00 bits per heavy atom. The number of imidazole rings is 1. The summed E-state index contributed by atoms with van der Waals surface area (Å²) in [4.78, 5) is 19.4. The van der Waals surface area contributed by atoms with Crippen molar-refractivity contribution in [2.45, 2.75) is 51.0 Å². The van der Waals surface area contributed by atoms with Crippen LogP contribution in [0.15, 0.2) is 36.5 Å². The molecule has 0 spiro atoms. The molecule has 1 amide bonds. The van der Waals surface area contributed by atoms with Crippen LogP contribution in [0.5, 0.6) is 0 Å². The molecule has 2 aromatic rings. The summed E-state index contributed by atoms with van der Waals surface area (Å²) in [7, 11) is 0. The fourth-order valence-electron chi connectivity index (χ4n) is 3.86. The van der Waals surface area contributed by atoms with Gasteiger partial charge in [-0.25, -0.2) is 4.98 Å². The fourth-order valence-corrected chi connectivity index (χ4v) is 3.86. The number of benzene rings is 1. The van der Waals surface area contributed by atoms with Crippen LogP contribution in [0.2, 0.25) is 0 Å². The number of rotatable bonds is 4. The lowest BCUT2D eigenvalue weighted by Crippen LogP contribution is -2.41. The topological polar surface area (TPSA) is 38.1 Å². The summed E-state index contributed by atoms with van der Waals surface area (Å²) in [6.45, 7) is 3.85. The van der Waals surface area contributed by atoms with Crippen molar-refractivity contribution in [2.75, 3.05) is 13.1 Å². The SMILES string of the molecule is Cc1cnc(C2CC2)n1C1CCCN(C(=O)Cc2ccccc2)C1. The van der Waals surface area contributed by atoms with Crippen LogP contribution in [-0.4, -0.2) is 33.4 Å². The first kappa shape index (κ1) is 15.4. The molecule has 1 aliphatic carbocycles. The molecule has 1 aromatic carbocycles. The van der Waals surface area contributed by atoms with E-state index < -0.39 is 0 Å². The molecule has 126 valence electrons. The lowest BCUT2D eigenvalue weighted by Gasteiger charge is -2.35. The normalized spacial score (nSPS) is 21.0. The molecular weight excluding hydrogens is 298 g/mol. The Labute approximate surface area is 143 Å². The lowest BCUT2D eigenvalue weighted by atomic mass is 10.0. The molecule has 0 N–H and O–H groups in total.